The molecule has 2 fully saturated rings. The monoisotopic (exact) mass is 228 g/mol. The van der Waals surface area contributed by atoms with Crippen LogP contribution < -0.4 is 0 Å². The average Bonchev–Trinajstić information content (AvgIpc) is 2.32. The van der Waals surface area contributed by atoms with Crippen LogP contribution in [0.3, 0.4) is 0 Å². The van der Waals surface area contributed by atoms with Crippen LogP contribution >= 0.6 is 0 Å². The maximum Gasteiger partial charge on any atom is 0.110 e. The molecular formula is C14H19BNO. The van der Waals surface area contributed by atoms with Crippen molar-refractivity contribution in [1.82, 2.24) is 4.90 Å². The van der Waals surface area contributed by atoms with E-state index < -0.39 is 0 Å². The number of hydrogen-bond acceptors (Lipinski definition) is 2. The lowest BCUT2D eigenvalue weighted by atomic mass is 9.54. The molecule has 2 aliphatic rings. The van der Waals surface area contributed by atoms with Crippen LogP contribution in [-0.4, -0.2) is 36.5 Å². The zero-order chi connectivity index (χ0) is 11.7. The summed E-state index contributed by atoms with van der Waals surface area (Å²) in [6.45, 7) is 3.12. The minimum absolute atomic E-state index is 0.0629. The van der Waals surface area contributed by atoms with Gasteiger partial charge in [0.2, 0.25) is 0 Å². The van der Waals surface area contributed by atoms with Crippen molar-refractivity contribution in [3.05, 3.63) is 35.9 Å². The van der Waals surface area contributed by atoms with Gasteiger partial charge < -0.3 is 5.11 Å². The zero-order valence-electron chi connectivity index (χ0n) is 10.1. The van der Waals surface area contributed by atoms with E-state index in [1.54, 1.807) is 0 Å². The minimum Gasteiger partial charge on any atom is -0.393 e. The second-order valence-corrected chi connectivity index (χ2v) is 5.45. The fourth-order valence-corrected chi connectivity index (χ4v) is 3.26. The maximum absolute atomic E-state index is 10.1. The van der Waals surface area contributed by atoms with E-state index in [-0.39, 0.29) is 6.10 Å². The molecule has 1 N–H and O–H groups in total. The molecule has 2 bridgehead atoms. The Hall–Kier alpha value is -0.795. The van der Waals surface area contributed by atoms with Crippen LogP contribution in [0, 0.1) is 11.8 Å². The second kappa shape index (κ2) is 4.83. The SMILES string of the molecule is OC1C2C[B]CC1CN(Cc1ccccc1)C2. The van der Waals surface area contributed by atoms with Crippen LogP contribution in [0.15, 0.2) is 30.3 Å². The summed E-state index contributed by atoms with van der Waals surface area (Å²) in [5, 5.41) is 10.1. The largest absolute Gasteiger partial charge is 0.393 e. The molecule has 2 unspecified atom stereocenters. The maximum atomic E-state index is 10.1. The van der Waals surface area contributed by atoms with Crippen LogP contribution in [0.5, 0.6) is 0 Å². The quantitative estimate of drug-likeness (QED) is 0.778. The van der Waals surface area contributed by atoms with Gasteiger partial charge in [0, 0.05) is 19.6 Å². The molecule has 3 heteroatoms. The zero-order valence-corrected chi connectivity index (χ0v) is 10.1. The van der Waals surface area contributed by atoms with Gasteiger partial charge in [-0.15, -0.1) is 0 Å². The van der Waals surface area contributed by atoms with E-state index in [0.717, 1.165) is 32.3 Å². The van der Waals surface area contributed by atoms with Crippen molar-refractivity contribution < 1.29 is 5.11 Å². The molecule has 2 nitrogen and oxygen atoms in total. The number of piperidine rings is 1. The number of likely N-dealkylation sites (tertiary alicyclic amines) is 1. The third-order valence-electron chi connectivity index (χ3n) is 4.14. The highest BCUT2D eigenvalue weighted by Crippen LogP contribution is 2.33. The summed E-state index contributed by atoms with van der Waals surface area (Å²) >= 11 is 0. The molecular weight excluding hydrogens is 209 g/mol. The first kappa shape index (κ1) is 11.3. The summed E-state index contributed by atoms with van der Waals surface area (Å²) in [6, 6.07) is 10.6. The topological polar surface area (TPSA) is 23.5 Å². The Kier molecular flexibility index (Phi) is 3.21. The van der Waals surface area contributed by atoms with Crippen molar-refractivity contribution in [1.29, 1.82) is 0 Å². The molecule has 2 aliphatic heterocycles. The lowest BCUT2D eigenvalue weighted by Gasteiger charge is -2.45. The second-order valence-electron chi connectivity index (χ2n) is 5.45. The predicted octanol–water partition coefficient (Wildman–Crippen LogP) is 1.65. The van der Waals surface area contributed by atoms with Gasteiger partial charge in [-0.25, -0.2) is 0 Å². The first-order valence-electron chi connectivity index (χ1n) is 6.59. The van der Waals surface area contributed by atoms with Gasteiger partial charge >= 0.3 is 0 Å². The van der Waals surface area contributed by atoms with Crippen molar-refractivity contribution in [3.8, 4) is 0 Å². The summed E-state index contributed by atoms with van der Waals surface area (Å²) in [6.07, 6.45) is 2.11. The standard InChI is InChI=1S/C14H19BNO/c17-14-12-6-15-7-13(14)10-16(9-12)8-11-4-2-1-3-5-11/h1-5,12-14,17H,6-10H2. The van der Waals surface area contributed by atoms with E-state index >= 15 is 0 Å². The highest BCUT2D eigenvalue weighted by atomic mass is 16.3. The summed E-state index contributed by atoms with van der Waals surface area (Å²) in [4.78, 5) is 2.50. The smallest absolute Gasteiger partial charge is 0.110 e. The third-order valence-corrected chi connectivity index (χ3v) is 4.14. The van der Waals surface area contributed by atoms with Gasteiger partial charge in [0.25, 0.3) is 0 Å². The van der Waals surface area contributed by atoms with E-state index in [2.05, 4.69) is 42.5 Å². The lowest BCUT2D eigenvalue weighted by Crippen LogP contribution is -2.51. The van der Waals surface area contributed by atoms with Crippen LogP contribution in [0.25, 0.3) is 0 Å². The Bertz CT molecular complexity index is 356. The molecule has 0 aliphatic carbocycles. The molecule has 2 saturated heterocycles. The van der Waals surface area contributed by atoms with Gasteiger partial charge in [0.15, 0.2) is 0 Å². The van der Waals surface area contributed by atoms with Crippen LogP contribution in [0.2, 0.25) is 12.6 Å². The fraction of sp³-hybridized carbons (Fsp3) is 0.571. The molecule has 3 rings (SSSR count). The van der Waals surface area contributed by atoms with E-state index in [9.17, 15) is 5.11 Å². The number of aliphatic hydroxyl groups is 1. The highest BCUT2D eigenvalue weighted by molar-refractivity contribution is 6.36. The van der Waals surface area contributed by atoms with Gasteiger partial charge in [-0.3, -0.25) is 4.90 Å². The van der Waals surface area contributed by atoms with Crippen LogP contribution in [0.4, 0.5) is 0 Å². The summed E-state index contributed by atoms with van der Waals surface area (Å²) < 4.78 is 0. The number of fused-ring (bicyclic) bond motifs is 2. The highest BCUT2D eigenvalue weighted by Gasteiger charge is 2.38. The van der Waals surface area contributed by atoms with Crippen molar-refractivity contribution in [3.63, 3.8) is 0 Å². The Morgan fingerprint density at radius 1 is 1.12 bits per heavy atom. The average molecular weight is 228 g/mol. The number of aliphatic hydroxyl groups excluding tert-OH is 1. The molecule has 0 saturated carbocycles. The first-order chi connectivity index (χ1) is 8.33. The molecule has 17 heavy (non-hydrogen) atoms. The molecule has 1 radical (unpaired) electrons. The van der Waals surface area contributed by atoms with Crippen molar-refractivity contribution >= 4 is 7.28 Å². The molecule has 2 heterocycles. The van der Waals surface area contributed by atoms with Crippen LogP contribution in [0.1, 0.15) is 5.56 Å². The van der Waals surface area contributed by atoms with Gasteiger partial charge in [0.1, 0.15) is 7.28 Å². The Labute approximate surface area is 104 Å². The van der Waals surface area contributed by atoms with Crippen molar-refractivity contribution in [2.75, 3.05) is 13.1 Å². The van der Waals surface area contributed by atoms with E-state index in [4.69, 9.17) is 0 Å². The summed E-state index contributed by atoms with van der Waals surface area (Å²) in [5.74, 6) is 0.928. The van der Waals surface area contributed by atoms with E-state index in [1.807, 2.05) is 0 Å². The molecule has 0 aromatic heterocycles. The normalized spacial score (nSPS) is 33.1. The molecule has 0 spiro atoms. The lowest BCUT2D eigenvalue weighted by molar-refractivity contribution is -0.0165. The molecule has 0 amide bonds. The molecule has 1 aromatic carbocycles. The van der Waals surface area contributed by atoms with Crippen molar-refractivity contribution in [2.24, 2.45) is 11.8 Å². The minimum atomic E-state index is -0.0629. The number of hydrogen-bond donors (Lipinski definition) is 1. The van der Waals surface area contributed by atoms with Gasteiger partial charge in [0.05, 0.1) is 6.10 Å². The van der Waals surface area contributed by atoms with Gasteiger partial charge in [-0.1, -0.05) is 43.0 Å². The van der Waals surface area contributed by atoms with E-state index in [1.165, 1.54) is 5.56 Å². The summed E-state index contributed by atoms with van der Waals surface area (Å²) in [7, 11) is 2.36. The number of nitrogens with zero attached hydrogens (tertiary/aromatic N) is 1. The summed E-state index contributed by atoms with van der Waals surface area (Å²) in [5.41, 5.74) is 1.38. The molecule has 1 aromatic rings. The van der Waals surface area contributed by atoms with Crippen LogP contribution in [-0.2, 0) is 6.54 Å². The molecule has 2 atom stereocenters. The molecule has 89 valence electrons. The fourth-order valence-electron chi connectivity index (χ4n) is 3.26. The third kappa shape index (κ3) is 2.40. The predicted molar refractivity (Wildman–Crippen MR) is 70.1 cm³/mol. The van der Waals surface area contributed by atoms with Gasteiger partial charge in [-0.05, 0) is 17.4 Å². The first-order valence-corrected chi connectivity index (χ1v) is 6.59. The Morgan fingerprint density at radius 3 is 2.41 bits per heavy atom. The number of rotatable bonds is 2. The Morgan fingerprint density at radius 2 is 1.76 bits per heavy atom. The van der Waals surface area contributed by atoms with E-state index in [0.29, 0.717) is 11.8 Å². The Balaban J connectivity index is 1.66. The van der Waals surface area contributed by atoms with Crippen molar-refractivity contribution in [2.45, 2.75) is 25.3 Å². The van der Waals surface area contributed by atoms with Gasteiger partial charge in [-0.2, -0.15) is 0 Å². The number of benzene rings is 1.